The summed E-state index contributed by atoms with van der Waals surface area (Å²) in [6, 6.07) is 16.6. The molecule has 0 spiro atoms. The second kappa shape index (κ2) is 13.0. The first kappa shape index (κ1) is 31.6. The Labute approximate surface area is 262 Å². The molecule has 0 radical (unpaired) electrons. The number of oxazole rings is 1. The van der Waals surface area contributed by atoms with Gasteiger partial charge < -0.3 is 24.1 Å². The molecule has 0 aliphatic carbocycles. The number of nitrogens with one attached hydrogen (secondary N) is 2. The molecule has 0 saturated heterocycles. The first-order chi connectivity index (χ1) is 21.8. The number of anilines is 1. The number of aliphatic carboxylic acids is 1. The van der Waals surface area contributed by atoms with Crippen LogP contribution in [0, 0.1) is 12.7 Å². The largest absolute Gasteiger partial charge is 0.480 e. The van der Waals surface area contributed by atoms with Crippen molar-refractivity contribution in [3.05, 3.63) is 95.6 Å². The lowest BCUT2D eigenvalue weighted by Gasteiger charge is -2.19. The van der Waals surface area contributed by atoms with Gasteiger partial charge in [0.1, 0.15) is 23.7 Å². The summed E-state index contributed by atoms with van der Waals surface area (Å²) in [4.78, 5) is 45.1. The fourth-order valence-corrected chi connectivity index (χ4v) is 4.31. The number of aryl methyl sites for hydroxylation is 1. The van der Waals surface area contributed by atoms with Crippen LogP contribution >= 0.6 is 0 Å². The Hall–Kier alpha value is -5.85. The van der Waals surface area contributed by atoms with Crippen molar-refractivity contribution in [3.8, 4) is 34.3 Å². The van der Waals surface area contributed by atoms with E-state index in [9.17, 15) is 19.5 Å². The quantitative estimate of drug-likeness (QED) is 0.169. The van der Waals surface area contributed by atoms with E-state index >= 15 is 4.39 Å². The molecule has 46 heavy (non-hydrogen) atoms. The molecule has 0 aliphatic heterocycles. The van der Waals surface area contributed by atoms with E-state index in [1.54, 1.807) is 57.2 Å². The lowest BCUT2D eigenvalue weighted by atomic mass is 10.0. The van der Waals surface area contributed by atoms with Gasteiger partial charge in [-0.05, 0) is 81.8 Å². The molecule has 0 aliphatic rings. The van der Waals surface area contributed by atoms with Crippen LogP contribution in [-0.4, -0.2) is 49.8 Å². The Morgan fingerprint density at radius 2 is 1.63 bits per heavy atom. The SMILES string of the molecule is Cc1ccc(-c2nc(C(=O)NC(Cc3ccc(-c4noc(-c5ccc(NC(=O)OC(C)(C)C)cc5)n4)c(F)c3)C(=O)O)co2)cc1. The minimum absolute atomic E-state index is 0.0199. The van der Waals surface area contributed by atoms with E-state index in [0.29, 0.717) is 22.4 Å². The van der Waals surface area contributed by atoms with E-state index in [2.05, 4.69) is 25.8 Å². The normalized spacial score (nSPS) is 11.9. The van der Waals surface area contributed by atoms with Gasteiger partial charge in [0, 0.05) is 23.2 Å². The lowest BCUT2D eigenvalue weighted by Crippen LogP contribution is -2.42. The third-order valence-electron chi connectivity index (χ3n) is 6.56. The van der Waals surface area contributed by atoms with Crippen molar-refractivity contribution in [2.75, 3.05) is 5.32 Å². The van der Waals surface area contributed by atoms with Crippen molar-refractivity contribution >= 4 is 23.7 Å². The highest BCUT2D eigenvalue weighted by Gasteiger charge is 2.24. The van der Waals surface area contributed by atoms with Crippen molar-refractivity contribution < 1.29 is 37.6 Å². The van der Waals surface area contributed by atoms with E-state index < -0.39 is 35.4 Å². The van der Waals surface area contributed by atoms with E-state index in [1.165, 1.54) is 12.1 Å². The molecule has 2 amide bonds. The van der Waals surface area contributed by atoms with E-state index in [4.69, 9.17) is 13.7 Å². The van der Waals surface area contributed by atoms with Gasteiger partial charge in [0.25, 0.3) is 11.8 Å². The summed E-state index contributed by atoms with van der Waals surface area (Å²) in [5.41, 5.74) is 2.33. The van der Waals surface area contributed by atoms with Crippen LogP contribution in [0.3, 0.4) is 0 Å². The molecule has 0 fully saturated rings. The highest BCUT2D eigenvalue weighted by molar-refractivity contribution is 5.95. The predicted molar refractivity (Wildman–Crippen MR) is 164 cm³/mol. The number of benzene rings is 3. The molecule has 12 nitrogen and oxygen atoms in total. The molecule has 236 valence electrons. The summed E-state index contributed by atoms with van der Waals surface area (Å²) in [6.07, 6.45) is 0.341. The number of hydrogen-bond acceptors (Lipinski definition) is 9. The van der Waals surface area contributed by atoms with Gasteiger partial charge in [0.2, 0.25) is 11.7 Å². The number of carbonyl (C=O) groups excluding carboxylic acids is 2. The predicted octanol–water partition coefficient (Wildman–Crippen LogP) is 6.28. The number of rotatable bonds is 9. The van der Waals surface area contributed by atoms with Crippen LogP contribution < -0.4 is 10.6 Å². The summed E-state index contributed by atoms with van der Waals surface area (Å²) in [7, 11) is 0. The zero-order chi connectivity index (χ0) is 33.0. The highest BCUT2D eigenvalue weighted by atomic mass is 19.1. The molecule has 3 N–H and O–H groups in total. The van der Waals surface area contributed by atoms with Crippen molar-refractivity contribution in [2.45, 2.75) is 45.8 Å². The van der Waals surface area contributed by atoms with Gasteiger partial charge in [0.15, 0.2) is 5.69 Å². The molecule has 0 bridgehead atoms. The number of nitrogens with zero attached hydrogens (tertiary/aromatic N) is 3. The first-order valence-corrected chi connectivity index (χ1v) is 14.1. The topological polar surface area (TPSA) is 170 Å². The molecule has 2 aromatic heterocycles. The number of ether oxygens (including phenoxy) is 1. The second-order valence-corrected chi connectivity index (χ2v) is 11.4. The monoisotopic (exact) mass is 627 g/mol. The summed E-state index contributed by atoms with van der Waals surface area (Å²) >= 11 is 0. The van der Waals surface area contributed by atoms with Gasteiger partial charge in [-0.2, -0.15) is 4.98 Å². The molecule has 3 aromatic carbocycles. The fraction of sp³-hybridized carbons (Fsp3) is 0.212. The summed E-state index contributed by atoms with van der Waals surface area (Å²) in [6.45, 7) is 7.21. The molecule has 2 heterocycles. The van der Waals surface area contributed by atoms with Gasteiger partial charge in [0.05, 0.1) is 5.56 Å². The maximum atomic E-state index is 15.2. The average molecular weight is 628 g/mol. The van der Waals surface area contributed by atoms with Crippen LogP contribution in [0.4, 0.5) is 14.9 Å². The van der Waals surface area contributed by atoms with Crippen LogP contribution in [0.5, 0.6) is 0 Å². The summed E-state index contributed by atoms with van der Waals surface area (Å²) in [5, 5.41) is 18.7. The molecule has 1 atom stereocenters. The smallest absolute Gasteiger partial charge is 0.412 e. The molecule has 13 heteroatoms. The summed E-state index contributed by atoms with van der Waals surface area (Å²) < 4.78 is 31.1. The molecule has 0 saturated carbocycles. The highest BCUT2D eigenvalue weighted by Crippen LogP contribution is 2.26. The molecular formula is C33H30FN5O7. The van der Waals surface area contributed by atoms with Crippen LogP contribution in [-0.2, 0) is 16.0 Å². The molecular weight excluding hydrogens is 597 g/mol. The Kier molecular flexibility index (Phi) is 8.94. The van der Waals surface area contributed by atoms with Gasteiger partial charge in [-0.25, -0.2) is 19.0 Å². The zero-order valence-electron chi connectivity index (χ0n) is 25.3. The Bertz CT molecular complexity index is 1880. The maximum absolute atomic E-state index is 15.2. The van der Waals surface area contributed by atoms with Gasteiger partial charge in [-0.3, -0.25) is 10.1 Å². The van der Waals surface area contributed by atoms with Crippen LogP contribution in [0.15, 0.2) is 81.9 Å². The average Bonchev–Trinajstić information content (AvgIpc) is 3.68. The third-order valence-corrected chi connectivity index (χ3v) is 6.56. The minimum Gasteiger partial charge on any atom is -0.480 e. The number of halogens is 1. The molecule has 1 unspecified atom stereocenters. The maximum Gasteiger partial charge on any atom is 0.412 e. The Morgan fingerprint density at radius 3 is 2.28 bits per heavy atom. The van der Waals surface area contributed by atoms with Gasteiger partial charge >= 0.3 is 12.1 Å². The van der Waals surface area contributed by atoms with Gasteiger partial charge in [-0.1, -0.05) is 28.9 Å². The lowest BCUT2D eigenvalue weighted by molar-refractivity contribution is -0.139. The first-order valence-electron chi connectivity index (χ1n) is 14.1. The molecule has 5 rings (SSSR count). The standard InChI is InChI=1S/C33H30FN5O7/c1-18-5-8-20(9-6-18)29-37-26(17-44-29)28(40)36-25(31(41)42)16-19-7-14-23(24(34)15-19)27-38-30(46-39-27)21-10-12-22(13-11-21)35-32(43)45-33(2,3)4/h5-15,17,25H,16H2,1-4H3,(H,35,43)(H,36,40)(H,41,42). The van der Waals surface area contributed by atoms with Crippen molar-refractivity contribution in [1.82, 2.24) is 20.4 Å². The number of hydrogen-bond donors (Lipinski definition) is 3. The van der Waals surface area contributed by atoms with E-state index in [-0.39, 0.29) is 35.3 Å². The minimum atomic E-state index is -1.37. The zero-order valence-corrected chi connectivity index (χ0v) is 25.3. The summed E-state index contributed by atoms with van der Waals surface area (Å²) in [5.74, 6) is -2.46. The number of amides is 2. The third kappa shape index (κ3) is 7.80. The Balaban J connectivity index is 1.23. The van der Waals surface area contributed by atoms with Crippen molar-refractivity contribution in [1.29, 1.82) is 0 Å². The van der Waals surface area contributed by atoms with Crippen LogP contribution in [0.1, 0.15) is 42.4 Å². The van der Waals surface area contributed by atoms with Crippen molar-refractivity contribution in [3.63, 3.8) is 0 Å². The van der Waals surface area contributed by atoms with E-state index in [0.717, 1.165) is 17.9 Å². The van der Waals surface area contributed by atoms with Crippen LogP contribution in [0.25, 0.3) is 34.3 Å². The number of carbonyl (C=O) groups is 3. The fourth-order valence-electron chi connectivity index (χ4n) is 4.31. The van der Waals surface area contributed by atoms with Crippen LogP contribution in [0.2, 0.25) is 0 Å². The van der Waals surface area contributed by atoms with Gasteiger partial charge in [-0.15, -0.1) is 0 Å². The number of aromatic nitrogens is 3. The van der Waals surface area contributed by atoms with E-state index in [1.807, 2.05) is 19.1 Å². The number of carboxylic acids is 1. The van der Waals surface area contributed by atoms with Crippen molar-refractivity contribution in [2.24, 2.45) is 0 Å². The second-order valence-electron chi connectivity index (χ2n) is 11.4. The number of carboxylic acid groups (broad SMARTS) is 1. The Morgan fingerprint density at radius 1 is 0.957 bits per heavy atom. The molecule has 5 aromatic rings.